The molecule has 0 unspecified atom stereocenters. The van der Waals surface area contributed by atoms with Crippen LogP contribution < -0.4 is 5.32 Å². The minimum atomic E-state index is -0.0889. The number of nitrogens with one attached hydrogen (secondary N) is 1. The van der Waals surface area contributed by atoms with Crippen LogP contribution in [0.3, 0.4) is 0 Å². The van der Waals surface area contributed by atoms with Crippen molar-refractivity contribution >= 4 is 5.91 Å². The van der Waals surface area contributed by atoms with Crippen LogP contribution in [0.15, 0.2) is 30.3 Å². The van der Waals surface area contributed by atoms with E-state index in [1.165, 1.54) is 18.4 Å². The predicted octanol–water partition coefficient (Wildman–Crippen LogP) is 2.98. The Bertz CT molecular complexity index is 352. The molecule has 1 aromatic carbocycles. The van der Waals surface area contributed by atoms with Gasteiger partial charge in [0.15, 0.2) is 0 Å². The first kappa shape index (κ1) is 11.2. The lowest BCUT2D eigenvalue weighted by molar-refractivity contribution is -0.122. The number of rotatable bonds is 3. The second-order valence-electron chi connectivity index (χ2n) is 4.56. The van der Waals surface area contributed by atoms with Gasteiger partial charge in [-0.3, -0.25) is 4.79 Å². The molecule has 0 radical (unpaired) electrons. The zero-order valence-corrected chi connectivity index (χ0v) is 9.83. The van der Waals surface area contributed by atoms with Gasteiger partial charge < -0.3 is 5.32 Å². The molecular formula is C14H19NO. The highest BCUT2D eigenvalue weighted by molar-refractivity contribution is 5.76. The van der Waals surface area contributed by atoms with Crippen molar-refractivity contribution in [3.63, 3.8) is 0 Å². The highest BCUT2D eigenvalue weighted by Gasteiger charge is 2.36. The summed E-state index contributed by atoms with van der Waals surface area (Å²) in [5, 5.41) is 3.22. The first-order valence-electron chi connectivity index (χ1n) is 6.13. The highest BCUT2D eigenvalue weighted by Crippen LogP contribution is 2.38. The lowest BCUT2D eigenvalue weighted by Gasteiger charge is -2.31. The van der Waals surface area contributed by atoms with Gasteiger partial charge in [-0.25, -0.2) is 0 Å². The molecule has 0 heterocycles. The fourth-order valence-electron chi connectivity index (χ4n) is 2.58. The van der Waals surface area contributed by atoms with Crippen molar-refractivity contribution in [2.24, 2.45) is 0 Å². The van der Waals surface area contributed by atoms with Crippen LogP contribution in [0.1, 0.15) is 44.6 Å². The van der Waals surface area contributed by atoms with Gasteiger partial charge in [0.05, 0.1) is 5.54 Å². The zero-order valence-electron chi connectivity index (χ0n) is 9.83. The molecule has 1 saturated carbocycles. The van der Waals surface area contributed by atoms with E-state index in [-0.39, 0.29) is 11.4 Å². The van der Waals surface area contributed by atoms with Crippen LogP contribution in [0, 0.1) is 0 Å². The SMILES string of the molecule is CCC(=O)NC1(c2ccccc2)CCCC1. The molecule has 0 spiro atoms. The normalized spacial score (nSPS) is 18.3. The van der Waals surface area contributed by atoms with Gasteiger partial charge in [-0.1, -0.05) is 50.1 Å². The molecule has 0 bridgehead atoms. The monoisotopic (exact) mass is 217 g/mol. The van der Waals surface area contributed by atoms with E-state index in [0.29, 0.717) is 6.42 Å². The molecular weight excluding hydrogens is 198 g/mol. The summed E-state index contributed by atoms with van der Waals surface area (Å²) < 4.78 is 0. The summed E-state index contributed by atoms with van der Waals surface area (Å²) in [5.74, 6) is 0.158. The molecule has 1 aromatic rings. The van der Waals surface area contributed by atoms with Crippen LogP contribution in [0.25, 0.3) is 0 Å². The van der Waals surface area contributed by atoms with Crippen LogP contribution in [0.2, 0.25) is 0 Å². The predicted molar refractivity (Wildman–Crippen MR) is 65.0 cm³/mol. The Morgan fingerprint density at radius 3 is 2.44 bits per heavy atom. The standard InChI is InChI=1S/C14H19NO/c1-2-13(16)15-14(10-6-7-11-14)12-8-4-3-5-9-12/h3-5,8-9H,2,6-7,10-11H2,1H3,(H,15,16). The molecule has 1 fully saturated rings. The number of hydrogen-bond acceptors (Lipinski definition) is 1. The molecule has 2 heteroatoms. The van der Waals surface area contributed by atoms with Gasteiger partial charge in [-0.05, 0) is 18.4 Å². The topological polar surface area (TPSA) is 29.1 Å². The summed E-state index contributed by atoms with van der Waals surface area (Å²) in [4.78, 5) is 11.6. The average molecular weight is 217 g/mol. The lowest BCUT2D eigenvalue weighted by Crippen LogP contribution is -2.43. The summed E-state index contributed by atoms with van der Waals surface area (Å²) in [7, 11) is 0. The first-order chi connectivity index (χ1) is 7.77. The van der Waals surface area contributed by atoms with Gasteiger partial charge in [0.25, 0.3) is 0 Å². The summed E-state index contributed by atoms with van der Waals surface area (Å²) in [6.07, 6.45) is 5.12. The summed E-state index contributed by atoms with van der Waals surface area (Å²) >= 11 is 0. The summed E-state index contributed by atoms with van der Waals surface area (Å²) in [6, 6.07) is 10.4. The number of benzene rings is 1. The quantitative estimate of drug-likeness (QED) is 0.828. The van der Waals surface area contributed by atoms with Gasteiger partial charge in [0.1, 0.15) is 0 Å². The highest BCUT2D eigenvalue weighted by atomic mass is 16.1. The molecule has 2 nitrogen and oxygen atoms in total. The van der Waals surface area contributed by atoms with Crippen LogP contribution in [0.5, 0.6) is 0 Å². The van der Waals surface area contributed by atoms with Crippen molar-refractivity contribution in [2.45, 2.75) is 44.6 Å². The maximum atomic E-state index is 11.6. The van der Waals surface area contributed by atoms with Gasteiger partial charge in [-0.2, -0.15) is 0 Å². The third-order valence-corrected chi connectivity index (χ3v) is 3.48. The molecule has 0 saturated heterocycles. The molecule has 16 heavy (non-hydrogen) atoms. The van der Waals surface area contributed by atoms with Crippen LogP contribution >= 0.6 is 0 Å². The van der Waals surface area contributed by atoms with Crippen LogP contribution in [0.4, 0.5) is 0 Å². The van der Waals surface area contributed by atoms with Crippen molar-refractivity contribution in [3.05, 3.63) is 35.9 Å². The van der Waals surface area contributed by atoms with E-state index in [0.717, 1.165) is 12.8 Å². The maximum Gasteiger partial charge on any atom is 0.220 e. The first-order valence-corrected chi connectivity index (χ1v) is 6.13. The summed E-state index contributed by atoms with van der Waals surface area (Å²) in [5.41, 5.74) is 1.17. The van der Waals surface area contributed by atoms with Crippen molar-refractivity contribution in [2.75, 3.05) is 0 Å². The third kappa shape index (κ3) is 2.11. The second kappa shape index (κ2) is 4.69. The number of carbonyl (C=O) groups excluding carboxylic acids is 1. The van der Waals surface area contributed by atoms with E-state index >= 15 is 0 Å². The van der Waals surface area contributed by atoms with Crippen LogP contribution in [-0.2, 0) is 10.3 Å². The molecule has 1 amide bonds. The molecule has 2 rings (SSSR count). The fourth-order valence-corrected chi connectivity index (χ4v) is 2.58. The smallest absolute Gasteiger partial charge is 0.220 e. The zero-order chi connectivity index (χ0) is 11.4. The molecule has 0 atom stereocenters. The Hall–Kier alpha value is -1.31. The molecule has 0 aromatic heterocycles. The fraction of sp³-hybridized carbons (Fsp3) is 0.500. The van der Waals surface area contributed by atoms with E-state index in [9.17, 15) is 4.79 Å². The molecule has 1 N–H and O–H groups in total. The minimum absolute atomic E-state index is 0.0889. The van der Waals surface area contributed by atoms with Gasteiger partial charge in [0, 0.05) is 6.42 Å². The van der Waals surface area contributed by atoms with Crippen molar-refractivity contribution in [1.82, 2.24) is 5.32 Å². The van der Waals surface area contributed by atoms with E-state index < -0.39 is 0 Å². The number of hydrogen-bond donors (Lipinski definition) is 1. The summed E-state index contributed by atoms with van der Waals surface area (Å²) in [6.45, 7) is 1.91. The van der Waals surface area contributed by atoms with Gasteiger partial charge >= 0.3 is 0 Å². The molecule has 1 aliphatic rings. The van der Waals surface area contributed by atoms with Gasteiger partial charge in [0.2, 0.25) is 5.91 Å². The number of carbonyl (C=O) groups is 1. The lowest BCUT2D eigenvalue weighted by atomic mass is 9.88. The van der Waals surface area contributed by atoms with E-state index in [1.54, 1.807) is 0 Å². The van der Waals surface area contributed by atoms with Crippen molar-refractivity contribution in [1.29, 1.82) is 0 Å². The Balaban J connectivity index is 2.25. The Kier molecular flexibility index (Phi) is 3.28. The molecule has 0 aliphatic heterocycles. The maximum absolute atomic E-state index is 11.6. The van der Waals surface area contributed by atoms with Crippen LogP contribution in [-0.4, -0.2) is 5.91 Å². The van der Waals surface area contributed by atoms with E-state index in [1.807, 2.05) is 25.1 Å². The Morgan fingerprint density at radius 1 is 1.25 bits per heavy atom. The minimum Gasteiger partial charge on any atom is -0.347 e. The van der Waals surface area contributed by atoms with E-state index in [2.05, 4.69) is 17.4 Å². The Morgan fingerprint density at radius 2 is 1.88 bits per heavy atom. The van der Waals surface area contributed by atoms with Gasteiger partial charge in [-0.15, -0.1) is 0 Å². The second-order valence-corrected chi connectivity index (χ2v) is 4.56. The van der Waals surface area contributed by atoms with E-state index in [4.69, 9.17) is 0 Å². The Labute approximate surface area is 97.1 Å². The molecule has 86 valence electrons. The van der Waals surface area contributed by atoms with Crippen molar-refractivity contribution in [3.8, 4) is 0 Å². The third-order valence-electron chi connectivity index (χ3n) is 3.48. The number of amides is 1. The van der Waals surface area contributed by atoms with Crippen molar-refractivity contribution < 1.29 is 4.79 Å². The molecule has 1 aliphatic carbocycles. The largest absolute Gasteiger partial charge is 0.347 e. The average Bonchev–Trinajstić information content (AvgIpc) is 2.80.